The van der Waals surface area contributed by atoms with E-state index < -0.39 is 0 Å². The highest BCUT2D eigenvalue weighted by atomic mass is 35.5. The van der Waals surface area contributed by atoms with Gasteiger partial charge in [-0.1, -0.05) is 23.7 Å². The average molecular weight is 310 g/mol. The number of benzene rings is 1. The zero-order valence-electron chi connectivity index (χ0n) is 11.4. The Morgan fingerprint density at radius 3 is 3.00 bits per heavy atom. The van der Waals surface area contributed by atoms with Gasteiger partial charge < -0.3 is 10.2 Å². The predicted molar refractivity (Wildman–Crippen MR) is 83.4 cm³/mol. The standard InChI is InChI=1S/C14H16ClN3OS/c1-16-6-7-18(2)14(19)12-9-20-13(17-12)10-4-3-5-11(15)8-10/h3-5,8-9,16H,6-7H2,1-2H3. The molecule has 0 bridgehead atoms. The Morgan fingerprint density at radius 1 is 1.50 bits per heavy atom. The molecular weight excluding hydrogens is 294 g/mol. The summed E-state index contributed by atoms with van der Waals surface area (Å²) in [6.45, 7) is 1.41. The van der Waals surface area contributed by atoms with Gasteiger partial charge in [-0.05, 0) is 19.2 Å². The number of carbonyl (C=O) groups excluding carboxylic acids is 1. The summed E-state index contributed by atoms with van der Waals surface area (Å²) in [5.74, 6) is -0.0650. The summed E-state index contributed by atoms with van der Waals surface area (Å²) in [4.78, 5) is 18.2. The van der Waals surface area contributed by atoms with Crippen molar-refractivity contribution in [3.05, 3.63) is 40.4 Å². The summed E-state index contributed by atoms with van der Waals surface area (Å²) < 4.78 is 0. The van der Waals surface area contributed by atoms with Crippen LogP contribution in [-0.4, -0.2) is 43.0 Å². The average Bonchev–Trinajstić information content (AvgIpc) is 2.93. The van der Waals surface area contributed by atoms with E-state index in [1.54, 1.807) is 17.3 Å². The Hall–Kier alpha value is -1.43. The molecule has 0 fully saturated rings. The van der Waals surface area contributed by atoms with Gasteiger partial charge in [-0.15, -0.1) is 11.3 Å². The second kappa shape index (κ2) is 6.83. The van der Waals surface area contributed by atoms with Gasteiger partial charge in [-0.25, -0.2) is 4.98 Å². The van der Waals surface area contributed by atoms with Crippen LogP contribution >= 0.6 is 22.9 Å². The number of likely N-dealkylation sites (N-methyl/N-ethyl adjacent to an activating group) is 2. The first-order valence-electron chi connectivity index (χ1n) is 6.23. The highest BCUT2D eigenvalue weighted by Crippen LogP contribution is 2.26. The van der Waals surface area contributed by atoms with E-state index in [0.717, 1.165) is 17.1 Å². The minimum Gasteiger partial charge on any atom is -0.339 e. The summed E-state index contributed by atoms with van der Waals surface area (Å²) >= 11 is 7.41. The van der Waals surface area contributed by atoms with Crippen LogP contribution in [0.15, 0.2) is 29.6 Å². The Morgan fingerprint density at radius 2 is 2.30 bits per heavy atom. The van der Waals surface area contributed by atoms with Crippen molar-refractivity contribution in [2.75, 3.05) is 27.2 Å². The third-order valence-corrected chi connectivity index (χ3v) is 3.97. The number of carbonyl (C=O) groups is 1. The maximum atomic E-state index is 12.2. The zero-order chi connectivity index (χ0) is 14.5. The highest BCUT2D eigenvalue weighted by molar-refractivity contribution is 7.13. The third-order valence-electron chi connectivity index (χ3n) is 2.84. The van der Waals surface area contributed by atoms with Crippen molar-refractivity contribution < 1.29 is 4.79 Å². The maximum Gasteiger partial charge on any atom is 0.273 e. The molecule has 0 aliphatic carbocycles. The number of rotatable bonds is 5. The van der Waals surface area contributed by atoms with Crippen molar-refractivity contribution >= 4 is 28.8 Å². The fourth-order valence-corrected chi connectivity index (χ4v) is 2.68. The van der Waals surface area contributed by atoms with E-state index in [0.29, 0.717) is 17.3 Å². The number of thiazole rings is 1. The van der Waals surface area contributed by atoms with E-state index in [4.69, 9.17) is 11.6 Å². The molecule has 0 saturated carbocycles. The second-order valence-corrected chi connectivity index (χ2v) is 5.67. The van der Waals surface area contributed by atoms with E-state index in [1.165, 1.54) is 11.3 Å². The number of nitrogens with zero attached hydrogens (tertiary/aromatic N) is 2. The van der Waals surface area contributed by atoms with Crippen LogP contribution in [0.4, 0.5) is 0 Å². The van der Waals surface area contributed by atoms with Crippen molar-refractivity contribution in [3.63, 3.8) is 0 Å². The lowest BCUT2D eigenvalue weighted by molar-refractivity contribution is 0.0792. The summed E-state index contributed by atoms with van der Waals surface area (Å²) in [5.41, 5.74) is 1.41. The second-order valence-electron chi connectivity index (χ2n) is 4.38. The monoisotopic (exact) mass is 309 g/mol. The molecule has 2 aromatic rings. The van der Waals surface area contributed by atoms with Gasteiger partial charge in [0.2, 0.25) is 0 Å². The lowest BCUT2D eigenvalue weighted by Gasteiger charge is -2.15. The molecule has 0 atom stereocenters. The molecule has 0 unspecified atom stereocenters. The van der Waals surface area contributed by atoms with Crippen LogP contribution in [0, 0.1) is 0 Å². The van der Waals surface area contributed by atoms with E-state index in [2.05, 4.69) is 10.3 Å². The van der Waals surface area contributed by atoms with Crippen LogP contribution in [0.3, 0.4) is 0 Å². The van der Waals surface area contributed by atoms with Gasteiger partial charge in [-0.2, -0.15) is 0 Å². The topological polar surface area (TPSA) is 45.2 Å². The maximum absolute atomic E-state index is 12.2. The van der Waals surface area contributed by atoms with Crippen molar-refractivity contribution in [1.29, 1.82) is 0 Å². The van der Waals surface area contributed by atoms with Crippen LogP contribution in [0.2, 0.25) is 5.02 Å². The summed E-state index contributed by atoms with van der Waals surface area (Å²) in [7, 11) is 3.64. The third kappa shape index (κ3) is 3.56. The van der Waals surface area contributed by atoms with Crippen LogP contribution < -0.4 is 5.32 Å². The fourth-order valence-electron chi connectivity index (χ4n) is 1.70. The molecule has 0 radical (unpaired) electrons. The molecule has 0 spiro atoms. The minimum atomic E-state index is -0.0650. The Balaban J connectivity index is 2.14. The molecule has 20 heavy (non-hydrogen) atoms. The zero-order valence-corrected chi connectivity index (χ0v) is 13.0. The Labute approximate surface area is 127 Å². The number of halogens is 1. The minimum absolute atomic E-state index is 0.0650. The van der Waals surface area contributed by atoms with E-state index in [9.17, 15) is 4.79 Å². The molecule has 4 nitrogen and oxygen atoms in total. The molecule has 0 aliphatic heterocycles. The number of amides is 1. The van der Waals surface area contributed by atoms with Gasteiger partial charge in [0.25, 0.3) is 5.91 Å². The van der Waals surface area contributed by atoms with Crippen LogP contribution in [0.1, 0.15) is 10.5 Å². The molecule has 6 heteroatoms. The first-order valence-corrected chi connectivity index (χ1v) is 7.49. The molecule has 2 rings (SSSR count). The molecule has 106 valence electrons. The fraction of sp³-hybridized carbons (Fsp3) is 0.286. The molecule has 1 amide bonds. The van der Waals surface area contributed by atoms with Crippen LogP contribution in [0.25, 0.3) is 10.6 Å². The molecule has 1 N–H and O–H groups in total. The first kappa shape index (κ1) is 15.0. The van der Waals surface area contributed by atoms with Crippen LogP contribution in [-0.2, 0) is 0 Å². The molecule has 1 aromatic heterocycles. The van der Waals surface area contributed by atoms with Gasteiger partial charge >= 0.3 is 0 Å². The number of hydrogen-bond donors (Lipinski definition) is 1. The number of nitrogens with one attached hydrogen (secondary N) is 1. The van der Waals surface area contributed by atoms with E-state index in [1.807, 2.05) is 31.3 Å². The van der Waals surface area contributed by atoms with E-state index >= 15 is 0 Å². The van der Waals surface area contributed by atoms with Gasteiger partial charge in [0.1, 0.15) is 10.7 Å². The van der Waals surface area contributed by atoms with Crippen molar-refractivity contribution in [3.8, 4) is 10.6 Å². The SMILES string of the molecule is CNCCN(C)C(=O)c1csc(-c2cccc(Cl)c2)n1. The van der Waals surface area contributed by atoms with Crippen molar-refractivity contribution in [2.24, 2.45) is 0 Å². The lowest BCUT2D eigenvalue weighted by Crippen LogP contribution is -2.32. The Bertz CT molecular complexity index is 600. The summed E-state index contributed by atoms with van der Waals surface area (Å²) in [5, 5.41) is 6.27. The highest BCUT2D eigenvalue weighted by Gasteiger charge is 2.15. The molecule has 1 aromatic carbocycles. The first-order chi connectivity index (χ1) is 9.61. The smallest absolute Gasteiger partial charge is 0.273 e. The summed E-state index contributed by atoms with van der Waals surface area (Å²) in [6.07, 6.45) is 0. The quantitative estimate of drug-likeness (QED) is 0.923. The molecule has 0 saturated heterocycles. The van der Waals surface area contributed by atoms with Crippen molar-refractivity contribution in [1.82, 2.24) is 15.2 Å². The van der Waals surface area contributed by atoms with Gasteiger partial charge in [0.05, 0.1) is 0 Å². The predicted octanol–water partition coefficient (Wildman–Crippen LogP) is 2.75. The molecule has 0 aliphatic rings. The number of aromatic nitrogens is 1. The van der Waals surface area contributed by atoms with Gasteiger partial charge in [0, 0.05) is 36.1 Å². The summed E-state index contributed by atoms with van der Waals surface area (Å²) in [6, 6.07) is 7.47. The van der Waals surface area contributed by atoms with Gasteiger partial charge in [0.15, 0.2) is 0 Å². The normalized spacial score (nSPS) is 10.6. The van der Waals surface area contributed by atoms with E-state index in [-0.39, 0.29) is 5.91 Å². The lowest BCUT2D eigenvalue weighted by atomic mass is 10.2. The number of hydrogen-bond acceptors (Lipinski definition) is 4. The van der Waals surface area contributed by atoms with Gasteiger partial charge in [-0.3, -0.25) is 4.79 Å². The molecule has 1 heterocycles. The molecular formula is C14H16ClN3OS. The van der Waals surface area contributed by atoms with Crippen LogP contribution in [0.5, 0.6) is 0 Å². The Kier molecular flexibility index (Phi) is 5.11. The van der Waals surface area contributed by atoms with Crippen molar-refractivity contribution in [2.45, 2.75) is 0 Å². The largest absolute Gasteiger partial charge is 0.339 e.